The molecule has 0 aromatic heterocycles. The predicted octanol–water partition coefficient (Wildman–Crippen LogP) is 12.1. The van der Waals surface area contributed by atoms with E-state index in [0.29, 0.717) is 50.8 Å². The van der Waals surface area contributed by atoms with Gasteiger partial charge >= 0.3 is 17.9 Å². The summed E-state index contributed by atoms with van der Waals surface area (Å²) < 4.78 is 16.2. The summed E-state index contributed by atoms with van der Waals surface area (Å²) >= 11 is 0. The summed E-state index contributed by atoms with van der Waals surface area (Å²) in [5, 5.41) is 16.7. The van der Waals surface area contributed by atoms with Crippen LogP contribution in [0.25, 0.3) is 10.8 Å². The molecule has 10 N–H and O–H groups in total. The van der Waals surface area contributed by atoms with Crippen molar-refractivity contribution in [3.05, 3.63) is 202 Å². The van der Waals surface area contributed by atoms with Gasteiger partial charge in [-0.25, -0.2) is 19.4 Å². The smallest absolute Gasteiger partial charge is 0.343 e. The summed E-state index contributed by atoms with van der Waals surface area (Å²) in [6.07, 6.45) is 2.90. The van der Waals surface area contributed by atoms with Crippen LogP contribution in [0.3, 0.4) is 0 Å². The van der Waals surface area contributed by atoms with Crippen molar-refractivity contribution < 1.29 is 28.6 Å². The number of carbonyl (C=O) groups is 3. The summed E-state index contributed by atoms with van der Waals surface area (Å²) in [5.41, 5.74) is 29.0. The number of nitrogens with zero attached hydrogens (tertiary/aromatic N) is 1. The summed E-state index contributed by atoms with van der Waals surface area (Å²) in [6.45, 7) is 19.7. The molecule has 0 heterocycles. The number of nitrogen functional groups attached to an aromatic ring is 2. The molecule has 0 atom stereocenters. The Balaban J connectivity index is 0.000000206. The Labute approximate surface area is 435 Å². The molecule has 0 aliphatic rings. The van der Waals surface area contributed by atoms with Crippen LogP contribution >= 0.6 is 0 Å². The molecule has 384 valence electrons. The molecule has 0 saturated heterocycles. The van der Waals surface area contributed by atoms with Crippen molar-refractivity contribution in [3.63, 3.8) is 0 Å². The lowest BCUT2D eigenvalue weighted by Crippen LogP contribution is -2.21. The van der Waals surface area contributed by atoms with Crippen molar-refractivity contribution in [1.82, 2.24) is 0 Å². The van der Waals surface area contributed by atoms with E-state index in [1.54, 1.807) is 66.7 Å². The minimum atomic E-state index is -0.427. The molecule has 7 aromatic carbocycles. The Morgan fingerprint density at radius 1 is 0.392 bits per heavy atom. The molecule has 74 heavy (non-hydrogen) atoms. The van der Waals surface area contributed by atoms with Crippen molar-refractivity contribution in [1.29, 1.82) is 10.8 Å². The van der Waals surface area contributed by atoms with E-state index in [1.165, 1.54) is 16.7 Å². The van der Waals surface area contributed by atoms with Gasteiger partial charge in [0, 0.05) is 11.1 Å². The third kappa shape index (κ3) is 18.9. The van der Waals surface area contributed by atoms with Crippen LogP contribution in [0.1, 0.15) is 121 Å². The highest BCUT2D eigenvalue weighted by Gasteiger charge is 2.16. The molecule has 7 aromatic rings. The van der Waals surface area contributed by atoms with Crippen molar-refractivity contribution in [2.45, 2.75) is 81.6 Å². The highest BCUT2D eigenvalue weighted by atomic mass is 16.5. The number of nitrogens with one attached hydrogen (secondary N) is 2. The first-order valence-electron chi connectivity index (χ1n) is 24.1. The molecule has 0 unspecified atom stereocenters. The second kappa shape index (κ2) is 24.7. The number of hydrogen-bond donors (Lipinski definition) is 6. The first-order chi connectivity index (χ1) is 34.7. The molecule has 13 nitrogen and oxygen atoms in total. The topological polar surface area (TPSA) is 243 Å². The van der Waals surface area contributed by atoms with Gasteiger partial charge in [-0.15, -0.1) is 0 Å². The van der Waals surface area contributed by atoms with Gasteiger partial charge in [0.25, 0.3) is 0 Å². The van der Waals surface area contributed by atoms with E-state index < -0.39 is 17.9 Å². The van der Waals surface area contributed by atoms with E-state index >= 15 is 0 Å². The van der Waals surface area contributed by atoms with E-state index in [-0.39, 0.29) is 33.9 Å². The molecule has 0 amide bonds. The second-order valence-electron chi connectivity index (χ2n) is 21.6. The van der Waals surface area contributed by atoms with Crippen LogP contribution in [0.2, 0.25) is 0 Å². The first-order valence-corrected chi connectivity index (χ1v) is 24.1. The van der Waals surface area contributed by atoms with Crippen molar-refractivity contribution >= 4 is 52.0 Å². The Morgan fingerprint density at radius 2 is 0.676 bits per heavy atom. The number of rotatable bonds is 12. The number of guanidine groups is 1. The van der Waals surface area contributed by atoms with E-state index in [2.05, 4.69) is 67.3 Å². The zero-order valence-electron chi connectivity index (χ0n) is 43.8. The summed E-state index contributed by atoms with van der Waals surface area (Å²) in [4.78, 5) is 40.6. The lowest BCUT2D eigenvalue weighted by atomic mass is 9.88. The Kier molecular flexibility index (Phi) is 18.8. The number of carbonyl (C=O) groups excluding carboxylic acids is 3. The van der Waals surface area contributed by atoms with Crippen LogP contribution in [0, 0.1) is 27.1 Å². The number of fused-ring (bicyclic) bond motifs is 1. The Hall–Kier alpha value is -8.58. The van der Waals surface area contributed by atoms with Crippen molar-refractivity contribution in [2.75, 3.05) is 0 Å². The maximum absolute atomic E-state index is 12.5. The Bertz CT molecular complexity index is 3090. The van der Waals surface area contributed by atoms with Gasteiger partial charge in [0.15, 0.2) is 5.96 Å². The number of esters is 3. The van der Waals surface area contributed by atoms with Gasteiger partial charge in [0.2, 0.25) is 0 Å². The van der Waals surface area contributed by atoms with Gasteiger partial charge < -0.3 is 37.1 Å². The molecule has 0 aliphatic heterocycles. The van der Waals surface area contributed by atoms with E-state index in [9.17, 15) is 14.4 Å². The SMILES string of the molecule is CC(C)(C)Cc1ccc(OC(=O)c2ccc(C(=N)N)cc2)cc1.CC(C)(C)Cc1ccc(OC(=O)c2ccc(N=C(N)N)cc2)cc1.CC(C)(C)Cc1ccc(OC(=O)c2ccc3cc(C(=N)N)ccc3c2)cc1. The zero-order valence-corrected chi connectivity index (χ0v) is 43.8. The van der Waals surface area contributed by atoms with E-state index in [1.807, 2.05) is 91.0 Å². The molecule has 0 saturated carbocycles. The number of hydrogen-bond acceptors (Lipinski definition) is 9. The molecule has 0 spiro atoms. The molecular formula is C61H69N7O6. The largest absolute Gasteiger partial charge is 0.423 e. The number of aliphatic imine (C=N–C) groups is 1. The second-order valence-corrected chi connectivity index (χ2v) is 21.6. The predicted molar refractivity (Wildman–Crippen MR) is 298 cm³/mol. The molecule has 0 radical (unpaired) electrons. The minimum Gasteiger partial charge on any atom is -0.423 e. The summed E-state index contributed by atoms with van der Waals surface area (Å²) in [5.74, 6) is 0.295. The van der Waals surface area contributed by atoms with Gasteiger partial charge in [-0.05, 0) is 154 Å². The maximum atomic E-state index is 12.5. The number of ether oxygens (including phenoxy) is 3. The van der Waals surface area contributed by atoms with Gasteiger partial charge in [-0.2, -0.15) is 0 Å². The van der Waals surface area contributed by atoms with Crippen LogP contribution in [0.15, 0.2) is 163 Å². The zero-order chi connectivity index (χ0) is 54.4. The van der Waals surface area contributed by atoms with Crippen molar-refractivity contribution in [3.8, 4) is 17.2 Å². The molecule has 0 fully saturated rings. The van der Waals surface area contributed by atoms with Crippen LogP contribution in [0.5, 0.6) is 17.2 Å². The lowest BCUT2D eigenvalue weighted by Gasteiger charge is -2.18. The van der Waals surface area contributed by atoms with Crippen LogP contribution in [-0.4, -0.2) is 35.5 Å². The summed E-state index contributed by atoms with van der Waals surface area (Å²) in [6, 6.07) is 46.7. The molecule has 7 rings (SSSR count). The quantitative estimate of drug-likeness (QED) is 0.0293. The fourth-order valence-corrected chi connectivity index (χ4v) is 7.51. The monoisotopic (exact) mass is 996 g/mol. The van der Waals surface area contributed by atoms with Crippen LogP contribution in [0.4, 0.5) is 5.69 Å². The highest BCUT2D eigenvalue weighted by Crippen LogP contribution is 2.26. The van der Waals surface area contributed by atoms with Crippen LogP contribution in [-0.2, 0) is 19.3 Å². The number of benzene rings is 7. The van der Waals surface area contributed by atoms with Crippen molar-refractivity contribution in [2.24, 2.45) is 44.2 Å². The third-order valence-corrected chi connectivity index (χ3v) is 10.8. The average Bonchev–Trinajstić information content (AvgIpc) is 3.32. The highest BCUT2D eigenvalue weighted by molar-refractivity contribution is 6.01. The molecule has 0 aliphatic carbocycles. The summed E-state index contributed by atoms with van der Waals surface area (Å²) in [7, 11) is 0. The van der Waals surface area contributed by atoms with Gasteiger partial charge in [0.05, 0.1) is 22.4 Å². The maximum Gasteiger partial charge on any atom is 0.343 e. The first kappa shape index (κ1) is 56.3. The molecular weight excluding hydrogens is 927 g/mol. The van der Waals surface area contributed by atoms with E-state index in [4.69, 9.17) is 48.0 Å². The average molecular weight is 996 g/mol. The standard InChI is InChI=1S/C23H24N2O2.C19H23N3O2.C19H22N2O2/c1-23(2,3)14-15-4-10-20(11-5-15)27-22(26)19-9-7-16-12-18(21(24)25)8-6-17(16)13-19;1-19(2,3)12-13-4-10-16(11-5-13)24-17(23)14-6-8-15(9-7-14)22-18(20)21;1-19(2,3)12-13-4-10-16(11-5-13)23-18(22)15-8-6-14(7-9-15)17(20)21/h4-13H,14H2,1-3H3,(H3,24,25);4-11H,12H2,1-3H3,(H4,20,21,22);4-11H,12H2,1-3H3,(H3,20,21). The van der Waals surface area contributed by atoms with E-state index in [0.717, 1.165) is 30.0 Å². The van der Waals surface area contributed by atoms with Crippen LogP contribution < -0.4 is 37.1 Å². The molecule has 13 heteroatoms. The number of amidine groups is 2. The minimum absolute atomic E-state index is 0.0234. The lowest BCUT2D eigenvalue weighted by molar-refractivity contribution is 0.0725. The fourth-order valence-electron chi connectivity index (χ4n) is 7.51. The Morgan fingerprint density at radius 3 is 1.00 bits per heavy atom. The van der Waals surface area contributed by atoms with Gasteiger partial charge in [0.1, 0.15) is 28.9 Å². The fraction of sp³-hybridized carbons (Fsp3) is 0.246. The molecule has 0 bridgehead atoms. The van der Waals surface area contributed by atoms with Gasteiger partial charge in [-0.1, -0.05) is 129 Å². The van der Waals surface area contributed by atoms with Gasteiger partial charge in [-0.3, -0.25) is 10.8 Å². The normalized spacial score (nSPS) is 11.1. The number of nitrogens with two attached hydrogens (primary N) is 4. The third-order valence-electron chi connectivity index (χ3n) is 10.8.